The summed E-state index contributed by atoms with van der Waals surface area (Å²) in [5.74, 6) is 0. The fourth-order valence-electron chi connectivity index (χ4n) is 2.32. The number of hydrogen-bond donors (Lipinski definition) is 1. The Morgan fingerprint density at radius 1 is 1.33 bits per heavy atom. The molecule has 21 heavy (non-hydrogen) atoms. The standard InChI is InChI=1S/C16H26N2O3/c1-5-7-10-17(12(3)6-2)15-9-8-14(13(4)19)11-16(15)18(20)21/h8-9,11-13,19H,5-7,10H2,1-4H3. The maximum atomic E-state index is 11.4. The highest BCUT2D eigenvalue weighted by molar-refractivity contribution is 5.65. The molecule has 0 aliphatic carbocycles. The number of rotatable bonds is 8. The van der Waals surface area contributed by atoms with Gasteiger partial charge in [-0.15, -0.1) is 0 Å². The van der Waals surface area contributed by atoms with E-state index in [4.69, 9.17) is 0 Å². The highest BCUT2D eigenvalue weighted by Crippen LogP contribution is 2.33. The van der Waals surface area contributed by atoms with Crippen molar-refractivity contribution in [3.05, 3.63) is 33.9 Å². The van der Waals surface area contributed by atoms with E-state index in [2.05, 4.69) is 25.7 Å². The van der Waals surface area contributed by atoms with Gasteiger partial charge in [0.1, 0.15) is 5.69 Å². The summed E-state index contributed by atoms with van der Waals surface area (Å²) in [5, 5.41) is 21.0. The fraction of sp³-hybridized carbons (Fsp3) is 0.625. The molecule has 1 N–H and O–H groups in total. The van der Waals surface area contributed by atoms with Crippen LogP contribution in [0.3, 0.4) is 0 Å². The SMILES string of the molecule is CCCCN(c1ccc(C(C)O)cc1[N+](=O)[O-])C(C)CC. The summed E-state index contributed by atoms with van der Waals surface area (Å²) in [6, 6.07) is 5.27. The fourth-order valence-corrected chi connectivity index (χ4v) is 2.32. The predicted octanol–water partition coefficient (Wildman–Crippen LogP) is 4.05. The second-order valence-corrected chi connectivity index (χ2v) is 5.49. The zero-order valence-corrected chi connectivity index (χ0v) is 13.4. The zero-order valence-electron chi connectivity index (χ0n) is 13.4. The van der Waals surface area contributed by atoms with Crippen molar-refractivity contribution >= 4 is 11.4 Å². The Morgan fingerprint density at radius 2 is 2.00 bits per heavy atom. The van der Waals surface area contributed by atoms with E-state index in [0.29, 0.717) is 11.3 Å². The summed E-state index contributed by atoms with van der Waals surface area (Å²) >= 11 is 0. The number of benzene rings is 1. The molecule has 0 aromatic heterocycles. The molecule has 0 bridgehead atoms. The van der Waals surface area contributed by atoms with Crippen molar-refractivity contribution < 1.29 is 10.0 Å². The van der Waals surface area contributed by atoms with Crippen LogP contribution in [0.1, 0.15) is 58.6 Å². The highest BCUT2D eigenvalue weighted by Gasteiger charge is 2.23. The topological polar surface area (TPSA) is 66.6 Å². The van der Waals surface area contributed by atoms with Crippen LogP contribution in [0, 0.1) is 10.1 Å². The Labute approximate surface area is 126 Å². The molecule has 0 saturated heterocycles. The molecular weight excluding hydrogens is 268 g/mol. The van der Waals surface area contributed by atoms with Gasteiger partial charge in [0.25, 0.3) is 5.69 Å². The molecule has 118 valence electrons. The third-order valence-electron chi connectivity index (χ3n) is 3.86. The highest BCUT2D eigenvalue weighted by atomic mass is 16.6. The summed E-state index contributed by atoms with van der Waals surface area (Å²) in [6.07, 6.45) is 2.27. The van der Waals surface area contributed by atoms with E-state index in [9.17, 15) is 15.2 Å². The van der Waals surface area contributed by atoms with Gasteiger partial charge in [-0.2, -0.15) is 0 Å². The molecule has 2 atom stereocenters. The Kier molecular flexibility index (Phi) is 6.62. The molecule has 5 nitrogen and oxygen atoms in total. The van der Waals surface area contributed by atoms with Gasteiger partial charge in [-0.3, -0.25) is 10.1 Å². The first kappa shape index (κ1) is 17.4. The van der Waals surface area contributed by atoms with Crippen molar-refractivity contribution in [2.45, 2.75) is 59.1 Å². The van der Waals surface area contributed by atoms with E-state index in [0.717, 1.165) is 25.8 Å². The number of aliphatic hydroxyl groups excluding tert-OH is 1. The van der Waals surface area contributed by atoms with Gasteiger partial charge in [-0.05, 0) is 38.3 Å². The van der Waals surface area contributed by atoms with Gasteiger partial charge in [-0.25, -0.2) is 0 Å². The molecule has 0 aliphatic rings. The molecule has 1 aromatic carbocycles. The molecule has 1 aromatic rings. The van der Waals surface area contributed by atoms with Crippen LogP contribution in [0.15, 0.2) is 18.2 Å². The Bertz CT molecular complexity index is 475. The van der Waals surface area contributed by atoms with Crippen LogP contribution in [0.2, 0.25) is 0 Å². The minimum Gasteiger partial charge on any atom is -0.389 e. The number of anilines is 1. The zero-order chi connectivity index (χ0) is 16.0. The van der Waals surface area contributed by atoms with Gasteiger partial charge >= 0.3 is 0 Å². The summed E-state index contributed by atoms with van der Waals surface area (Å²) < 4.78 is 0. The smallest absolute Gasteiger partial charge is 0.292 e. The average Bonchev–Trinajstić information content (AvgIpc) is 2.46. The molecular formula is C16H26N2O3. The van der Waals surface area contributed by atoms with Crippen LogP contribution in [-0.4, -0.2) is 22.6 Å². The molecule has 0 saturated carbocycles. The van der Waals surface area contributed by atoms with Crippen LogP contribution in [0.25, 0.3) is 0 Å². The molecule has 1 rings (SSSR count). The van der Waals surface area contributed by atoms with Crippen LogP contribution in [-0.2, 0) is 0 Å². The van der Waals surface area contributed by atoms with E-state index < -0.39 is 6.10 Å². The molecule has 0 fully saturated rings. The Hall–Kier alpha value is -1.62. The molecule has 0 spiro atoms. The van der Waals surface area contributed by atoms with E-state index in [1.54, 1.807) is 19.1 Å². The van der Waals surface area contributed by atoms with Crippen molar-refractivity contribution in [3.63, 3.8) is 0 Å². The summed E-state index contributed by atoms with van der Waals surface area (Å²) in [5.41, 5.74) is 1.29. The first-order valence-electron chi connectivity index (χ1n) is 7.65. The third-order valence-corrected chi connectivity index (χ3v) is 3.86. The Balaban J connectivity index is 3.25. The normalized spacial score (nSPS) is 13.8. The van der Waals surface area contributed by atoms with Gasteiger partial charge in [0.15, 0.2) is 0 Å². The van der Waals surface area contributed by atoms with Crippen LogP contribution in [0.5, 0.6) is 0 Å². The molecule has 0 radical (unpaired) electrons. The molecule has 5 heteroatoms. The van der Waals surface area contributed by atoms with Crippen molar-refractivity contribution in [2.75, 3.05) is 11.4 Å². The lowest BCUT2D eigenvalue weighted by Crippen LogP contribution is -2.34. The summed E-state index contributed by atoms with van der Waals surface area (Å²) in [6.45, 7) is 8.70. The van der Waals surface area contributed by atoms with Crippen molar-refractivity contribution in [3.8, 4) is 0 Å². The largest absolute Gasteiger partial charge is 0.389 e. The third kappa shape index (κ3) is 4.43. The van der Waals surface area contributed by atoms with E-state index in [-0.39, 0.29) is 16.7 Å². The lowest BCUT2D eigenvalue weighted by atomic mass is 10.1. The predicted molar refractivity (Wildman–Crippen MR) is 85.7 cm³/mol. The van der Waals surface area contributed by atoms with E-state index >= 15 is 0 Å². The molecule has 0 amide bonds. The Morgan fingerprint density at radius 3 is 2.48 bits per heavy atom. The minimum atomic E-state index is -0.703. The van der Waals surface area contributed by atoms with E-state index in [1.807, 2.05) is 0 Å². The van der Waals surface area contributed by atoms with Crippen molar-refractivity contribution in [1.29, 1.82) is 0 Å². The van der Waals surface area contributed by atoms with Gasteiger partial charge in [0, 0.05) is 18.7 Å². The number of nitro groups is 1. The van der Waals surface area contributed by atoms with Gasteiger partial charge in [0.2, 0.25) is 0 Å². The van der Waals surface area contributed by atoms with Gasteiger partial charge in [-0.1, -0.05) is 26.3 Å². The van der Waals surface area contributed by atoms with Crippen LogP contribution in [0.4, 0.5) is 11.4 Å². The average molecular weight is 294 g/mol. The number of aliphatic hydroxyl groups is 1. The number of nitrogens with zero attached hydrogens (tertiary/aromatic N) is 2. The summed E-state index contributed by atoms with van der Waals surface area (Å²) in [7, 11) is 0. The number of unbranched alkanes of at least 4 members (excludes halogenated alkanes) is 1. The molecule has 0 heterocycles. The number of hydrogen-bond acceptors (Lipinski definition) is 4. The van der Waals surface area contributed by atoms with Crippen molar-refractivity contribution in [2.24, 2.45) is 0 Å². The van der Waals surface area contributed by atoms with Gasteiger partial charge in [0.05, 0.1) is 11.0 Å². The lowest BCUT2D eigenvalue weighted by Gasteiger charge is -2.30. The minimum absolute atomic E-state index is 0.0739. The number of nitro benzene ring substituents is 1. The van der Waals surface area contributed by atoms with Crippen LogP contribution >= 0.6 is 0 Å². The molecule has 2 unspecified atom stereocenters. The lowest BCUT2D eigenvalue weighted by molar-refractivity contribution is -0.384. The maximum absolute atomic E-state index is 11.4. The second-order valence-electron chi connectivity index (χ2n) is 5.49. The quantitative estimate of drug-likeness (QED) is 0.580. The first-order valence-corrected chi connectivity index (χ1v) is 7.65. The van der Waals surface area contributed by atoms with Crippen LogP contribution < -0.4 is 4.90 Å². The monoisotopic (exact) mass is 294 g/mol. The van der Waals surface area contributed by atoms with E-state index in [1.165, 1.54) is 6.07 Å². The van der Waals surface area contributed by atoms with Gasteiger partial charge < -0.3 is 10.0 Å². The molecule has 0 aliphatic heterocycles. The second kappa shape index (κ2) is 7.98. The first-order chi connectivity index (χ1) is 9.92. The maximum Gasteiger partial charge on any atom is 0.292 e. The van der Waals surface area contributed by atoms with Crippen molar-refractivity contribution in [1.82, 2.24) is 0 Å². The summed E-state index contributed by atoms with van der Waals surface area (Å²) in [4.78, 5) is 13.1.